The number of carboxylic acids is 1. The van der Waals surface area contributed by atoms with Crippen LogP contribution in [0.3, 0.4) is 0 Å². The molecule has 1 aliphatic carbocycles. The normalized spacial score (nSPS) is 22.7. The van der Waals surface area contributed by atoms with E-state index in [1.54, 1.807) is 6.92 Å². The highest BCUT2D eigenvalue weighted by Gasteiger charge is 2.35. The van der Waals surface area contributed by atoms with E-state index in [2.05, 4.69) is 15.0 Å². The van der Waals surface area contributed by atoms with Crippen LogP contribution >= 0.6 is 0 Å². The van der Waals surface area contributed by atoms with Crippen molar-refractivity contribution in [2.75, 3.05) is 13.1 Å². The molecule has 1 atom stereocenters. The van der Waals surface area contributed by atoms with Crippen LogP contribution in [0.5, 0.6) is 0 Å². The average Bonchev–Trinajstić information content (AvgIpc) is 3.03. The largest absolute Gasteiger partial charge is 0.481 e. The Morgan fingerprint density at radius 1 is 1.56 bits per heavy atom. The molecule has 6 heteroatoms. The first-order chi connectivity index (χ1) is 8.63. The quantitative estimate of drug-likeness (QED) is 0.844. The Labute approximate surface area is 105 Å². The Bertz CT molecular complexity index is 449. The molecule has 0 bridgehead atoms. The number of hydrogen-bond acceptors (Lipinski definition) is 5. The van der Waals surface area contributed by atoms with Crippen LogP contribution in [0, 0.1) is 11.8 Å². The monoisotopic (exact) mass is 251 g/mol. The zero-order valence-electron chi connectivity index (χ0n) is 10.4. The predicted molar refractivity (Wildman–Crippen MR) is 61.8 cm³/mol. The van der Waals surface area contributed by atoms with Crippen molar-refractivity contribution in [3.63, 3.8) is 0 Å². The number of carboxylic acid groups (broad SMARTS) is 1. The molecule has 0 aromatic carbocycles. The van der Waals surface area contributed by atoms with Gasteiger partial charge in [0.25, 0.3) is 0 Å². The van der Waals surface area contributed by atoms with Gasteiger partial charge in [-0.1, -0.05) is 12.1 Å². The van der Waals surface area contributed by atoms with Gasteiger partial charge in [-0.2, -0.15) is 4.98 Å². The summed E-state index contributed by atoms with van der Waals surface area (Å²) in [4.78, 5) is 17.3. The molecular weight excluding hydrogens is 234 g/mol. The fourth-order valence-electron chi connectivity index (χ4n) is 2.28. The Balaban J connectivity index is 1.48. The SMILES string of the molecule is CC(C(=O)O)C1CN(Cc2noc(C3CC3)n2)C1. The highest BCUT2D eigenvalue weighted by Crippen LogP contribution is 2.39. The van der Waals surface area contributed by atoms with Gasteiger partial charge in [0.05, 0.1) is 12.5 Å². The Morgan fingerprint density at radius 2 is 2.28 bits per heavy atom. The molecule has 2 fully saturated rings. The summed E-state index contributed by atoms with van der Waals surface area (Å²) in [5.74, 6) is 1.24. The maximum Gasteiger partial charge on any atom is 0.306 e. The molecule has 1 aromatic rings. The van der Waals surface area contributed by atoms with Crippen LogP contribution in [0.1, 0.15) is 37.4 Å². The number of aliphatic carboxylic acids is 1. The summed E-state index contributed by atoms with van der Waals surface area (Å²) in [6, 6.07) is 0. The molecule has 1 aromatic heterocycles. The predicted octanol–water partition coefficient (Wildman–Crippen LogP) is 1.10. The molecule has 6 nitrogen and oxygen atoms in total. The lowest BCUT2D eigenvalue weighted by molar-refractivity contribution is -0.145. The maximum atomic E-state index is 10.8. The fourth-order valence-corrected chi connectivity index (χ4v) is 2.28. The van der Waals surface area contributed by atoms with Crippen LogP contribution in [0.25, 0.3) is 0 Å². The van der Waals surface area contributed by atoms with Crippen LogP contribution < -0.4 is 0 Å². The van der Waals surface area contributed by atoms with E-state index >= 15 is 0 Å². The summed E-state index contributed by atoms with van der Waals surface area (Å²) < 4.78 is 5.19. The van der Waals surface area contributed by atoms with Crippen molar-refractivity contribution in [3.05, 3.63) is 11.7 Å². The second kappa shape index (κ2) is 4.35. The summed E-state index contributed by atoms with van der Waals surface area (Å²) in [6.45, 7) is 4.05. The van der Waals surface area contributed by atoms with Gasteiger partial charge >= 0.3 is 5.97 Å². The highest BCUT2D eigenvalue weighted by atomic mass is 16.5. The average molecular weight is 251 g/mol. The Kier molecular flexibility index (Phi) is 2.81. The summed E-state index contributed by atoms with van der Waals surface area (Å²) in [7, 11) is 0. The zero-order valence-corrected chi connectivity index (χ0v) is 10.4. The molecule has 18 heavy (non-hydrogen) atoms. The molecule has 2 aliphatic rings. The standard InChI is InChI=1S/C12H17N3O3/c1-7(12(16)17)9-4-15(5-9)6-10-13-11(18-14-10)8-2-3-8/h7-9H,2-6H2,1H3,(H,16,17). The highest BCUT2D eigenvalue weighted by molar-refractivity contribution is 5.70. The van der Waals surface area contributed by atoms with Crippen molar-refractivity contribution >= 4 is 5.97 Å². The van der Waals surface area contributed by atoms with E-state index in [1.807, 2.05) is 0 Å². The topological polar surface area (TPSA) is 79.5 Å². The van der Waals surface area contributed by atoms with E-state index in [9.17, 15) is 4.79 Å². The molecule has 0 amide bonds. The number of nitrogens with zero attached hydrogens (tertiary/aromatic N) is 3. The van der Waals surface area contributed by atoms with Crippen molar-refractivity contribution in [2.45, 2.75) is 32.2 Å². The molecule has 0 spiro atoms. The fraction of sp³-hybridized carbons (Fsp3) is 0.750. The van der Waals surface area contributed by atoms with Gasteiger partial charge in [-0.05, 0) is 18.8 Å². The minimum atomic E-state index is -0.713. The third-order valence-electron chi connectivity index (χ3n) is 3.86. The van der Waals surface area contributed by atoms with E-state index in [4.69, 9.17) is 9.63 Å². The van der Waals surface area contributed by atoms with Crippen LogP contribution in [-0.4, -0.2) is 39.2 Å². The number of likely N-dealkylation sites (tertiary alicyclic amines) is 1. The maximum absolute atomic E-state index is 10.8. The van der Waals surface area contributed by atoms with Crippen LogP contribution in [-0.2, 0) is 11.3 Å². The summed E-state index contributed by atoms with van der Waals surface area (Å²) in [6.07, 6.45) is 2.31. The van der Waals surface area contributed by atoms with Crippen molar-refractivity contribution in [1.29, 1.82) is 0 Å². The molecule has 1 saturated carbocycles. The van der Waals surface area contributed by atoms with Gasteiger partial charge in [0.1, 0.15) is 0 Å². The van der Waals surface area contributed by atoms with Gasteiger partial charge in [0, 0.05) is 19.0 Å². The minimum Gasteiger partial charge on any atom is -0.481 e. The van der Waals surface area contributed by atoms with E-state index in [0.29, 0.717) is 12.5 Å². The van der Waals surface area contributed by atoms with Gasteiger partial charge in [-0.25, -0.2) is 0 Å². The van der Waals surface area contributed by atoms with Gasteiger partial charge in [-0.15, -0.1) is 0 Å². The van der Waals surface area contributed by atoms with Crippen LogP contribution in [0.4, 0.5) is 0 Å². The molecule has 1 unspecified atom stereocenters. The molecule has 1 saturated heterocycles. The van der Waals surface area contributed by atoms with Gasteiger partial charge in [0.15, 0.2) is 5.82 Å². The molecule has 1 N–H and O–H groups in total. The Morgan fingerprint density at radius 3 is 2.89 bits per heavy atom. The first kappa shape index (κ1) is 11.6. The van der Waals surface area contributed by atoms with Crippen molar-refractivity contribution in [3.8, 4) is 0 Å². The van der Waals surface area contributed by atoms with Gasteiger partial charge in [0.2, 0.25) is 5.89 Å². The van der Waals surface area contributed by atoms with Crippen LogP contribution in [0.2, 0.25) is 0 Å². The van der Waals surface area contributed by atoms with E-state index in [-0.39, 0.29) is 11.8 Å². The van der Waals surface area contributed by atoms with Crippen molar-refractivity contribution in [1.82, 2.24) is 15.0 Å². The molecule has 1 aliphatic heterocycles. The summed E-state index contributed by atoms with van der Waals surface area (Å²) in [5.41, 5.74) is 0. The second-order valence-corrected chi connectivity index (χ2v) is 5.40. The smallest absolute Gasteiger partial charge is 0.306 e. The van der Waals surface area contributed by atoms with E-state index in [1.165, 1.54) is 0 Å². The molecular formula is C12H17N3O3. The van der Waals surface area contributed by atoms with Gasteiger partial charge < -0.3 is 9.63 Å². The van der Waals surface area contributed by atoms with E-state index < -0.39 is 5.97 Å². The van der Waals surface area contributed by atoms with Crippen molar-refractivity contribution < 1.29 is 14.4 Å². The number of carbonyl (C=O) groups is 1. The lowest BCUT2D eigenvalue weighted by atomic mass is 9.87. The number of rotatable bonds is 5. The zero-order chi connectivity index (χ0) is 12.7. The molecule has 98 valence electrons. The summed E-state index contributed by atoms with van der Waals surface area (Å²) >= 11 is 0. The second-order valence-electron chi connectivity index (χ2n) is 5.40. The minimum absolute atomic E-state index is 0.248. The number of hydrogen-bond donors (Lipinski definition) is 1. The van der Waals surface area contributed by atoms with Gasteiger partial charge in [-0.3, -0.25) is 9.69 Å². The summed E-state index contributed by atoms with van der Waals surface area (Å²) in [5, 5.41) is 12.9. The lowest BCUT2D eigenvalue weighted by Crippen LogP contribution is -2.50. The first-order valence-corrected chi connectivity index (χ1v) is 6.41. The molecule has 3 rings (SSSR count). The van der Waals surface area contributed by atoms with Crippen molar-refractivity contribution in [2.24, 2.45) is 11.8 Å². The van der Waals surface area contributed by atoms with Crippen LogP contribution in [0.15, 0.2) is 4.52 Å². The third-order valence-corrected chi connectivity index (χ3v) is 3.86. The Hall–Kier alpha value is -1.43. The molecule has 0 radical (unpaired) electrons. The molecule has 2 heterocycles. The first-order valence-electron chi connectivity index (χ1n) is 6.41. The third kappa shape index (κ3) is 2.25. The van der Waals surface area contributed by atoms with E-state index in [0.717, 1.165) is 37.6 Å². The number of aromatic nitrogens is 2. The lowest BCUT2D eigenvalue weighted by Gasteiger charge is -2.40.